The van der Waals surface area contributed by atoms with Crippen LogP contribution in [-0.4, -0.2) is 56.6 Å². The van der Waals surface area contributed by atoms with Gasteiger partial charge in [0, 0.05) is 38.6 Å². The van der Waals surface area contributed by atoms with Gasteiger partial charge in [0.05, 0.1) is 25.9 Å². The molecule has 1 atom stereocenters. The quantitative estimate of drug-likeness (QED) is 0.295. The Morgan fingerprint density at radius 1 is 1.16 bits per heavy atom. The molecule has 0 amide bonds. The largest absolute Gasteiger partial charge is 0.494 e. The number of pyridine rings is 1. The van der Waals surface area contributed by atoms with Crippen LogP contribution in [0.2, 0.25) is 0 Å². The van der Waals surface area contributed by atoms with Crippen LogP contribution in [0, 0.1) is 0 Å². The highest BCUT2D eigenvalue weighted by Gasteiger charge is 2.15. The van der Waals surface area contributed by atoms with Gasteiger partial charge in [-0.15, -0.1) is 0 Å². The molecular weight excluding hydrogens is 408 g/mol. The zero-order valence-corrected chi connectivity index (χ0v) is 19.0. The van der Waals surface area contributed by atoms with Crippen LogP contribution in [0.3, 0.4) is 0 Å². The van der Waals surface area contributed by atoms with Gasteiger partial charge in [0.1, 0.15) is 11.5 Å². The van der Waals surface area contributed by atoms with Gasteiger partial charge >= 0.3 is 0 Å². The fraction of sp³-hybridized carbons (Fsp3) is 0.500. The van der Waals surface area contributed by atoms with Crippen LogP contribution in [0.25, 0.3) is 0 Å². The predicted molar refractivity (Wildman–Crippen MR) is 125 cm³/mol. The molecule has 0 saturated carbocycles. The molecule has 1 aromatic heterocycles. The summed E-state index contributed by atoms with van der Waals surface area (Å²) in [6.07, 6.45) is 3.89. The third-order valence-corrected chi connectivity index (χ3v) is 4.78. The second-order valence-electron chi connectivity index (χ2n) is 7.34. The van der Waals surface area contributed by atoms with E-state index in [1.807, 2.05) is 43.3 Å². The lowest BCUT2D eigenvalue weighted by Crippen LogP contribution is -2.38. The molecule has 1 saturated heterocycles. The highest BCUT2D eigenvalue weighted by atomic mass is 16.5. The number of aliphatic imine (C=N–C) groups is 1. The van der Waals surface area contributed by atoms with Crippen LogP contribution in [-0.2, 0) is 16.0 Å². The standard InChI is InChI=1S/C24H34N4O4/c1-3-25-24(27-12-5-14-31-22-11-15-29-18-22)28-17-19-10-13-26-23(16-19)32-21-8-6-20(7-9-21)30-4-2/h6-10,13,16,22H,3-5,11-12,14-15,17-18H2,1-2H3,(H2,25,27,28). The third kappa shape index (κ3) is 8.36. The summed E-state index contributed by atoms with van der Waals surface area (Å²) >= 11 is 0. The molecule has 0 radical (unpaired) electrons. The molecular formula is C24H34N4O4. The molecule has 2 heterocycles. The topological polar surface area (TPSA) is 86.2 Å². The van der Waals surface area contributed by atoms with Gasteiger partial charge in [-0.25, -0.2) is 9.98 Å². The predicted octanol–water partition coefficient (Wildman–Crippen LogP) is 3.52. The van der Waals surface area contributed by atoms with E-state index < -0.39 is 0 Å². The highest BCUT2D eigenvalue weighted by Crippen LogP contribution is 2.23. The van der Waals surface area contributed by atoms with Gasteiger partial charge in [-0.3, -0.25) is 0 Å². The molecule has 1 aliphatic rings. The minimum Gasteiger partial charge on any atom is -0.494 e. The maximum absolute atomic E-state index is 5.87. The third-order valence-electron chi connectivity index (χ3n) is 4.78. The molecule has 8 nitrogen and oxygen atoms in total. The number of guanidine groups is 1. The summed E-state index contributed by atoms with van der Waals surface area (Å²) in [6, 6.07) is 11.3. The molecule has 32 heavy (non-hydrogen) atoms. The van der Waals surface area contributed by atoms with Crippen LogP contribution in [0.15, 0.2) is 47.6 Å². The summed E-state index contributed by atoms with van der Waals surface area (Å²) in [4.78, 5) is 8.98. The average Bonchev–Trinajstić information content (AvgIpc) is 3.32. The summed E-state index contributed by atoms with van der Waals surface area (Å²) < 4.78 is 22.5. The Labute approximate surface area is 190 Å². The maximum Gasteiger partial charge on any atom is 0.219 e. The minimum absolute atomic E-state index is 0.252. The number of ether oxygens (including phenoxy) is 4. The van der Waals surface area contributed by atoms with E-state index >= 15 is 0 Å². The van der Waals surface area contributed by atoms with Crippen molar-refractivity contribution in [1.29, 1.82) is 0 Å². The molecule has 2 aromatic rings. The molecule has 0 aliphatic carbocycles. The van der Waals surface area contributed by atoms with Gasteiger partial charge in [0.2, 0.25) is 5.88 Å². The van der Waals surface area contributed by atoms with Crippen LogP contribution in [0.4, 0.5) is 0 Å². The van der Waals surface area contributed by atoms with Crippen molar-refractivity contribution < 1.29 is 18.9 Å². The number of nitrogens with zero attached hydrogens (tertiary/aromatic N) is 2. The van der Waals surface area contributed by atoms with E-state index in [-0.39, 0.29) is 6.10 Å². The van der Waals surface area contributed by atoms with E-state index in [4.69, 9.17) is 18.9 Å². The normalized spacial score (nSPS) is 16.1. The van der Waals surface area contributed by atoms with Crippen LogP contribution in [0.5, 0.6) is 17.4 Å². The SMILES string of the molecule is CCNC(=NCc1ccnc(Oc2ccc(OCC)cc2)c1)NCCCOC1CCOC1. The lowest BCUT2D eigenvalue weighted by atomic mass is 10.2. The fourth-order valence-corrected chi connectivity index (χ4v) is 3.18. The van der Waals surface area contributed by atoms with Gasteiger partial charge in [0.25, 0.3) is 0 Å². The van der Waals surface area contributed by atoms with E-state index in [1.165, 1.54) is 0 Å². The molecule has 0 spiro atoms. The Morgan fingerprint density at radius 3 is 2.75 bits per heavy atom. The van der Waals surface area contributed by atoms with Crippen LogP contribution >= 0.6 is 0 Å². The van der Waals surface area contributed by atoms with Gasteiger partial charge in [-0.2, -0.15) is 0 Å². The van der Waals surface area contributed by atoms with E-state index in [0.29, 0.717) is 31.4 Å². The van der Waals surface area contributed by atoms with E-state index in [1.54, 1.807) is 6.20 Å². The second kappa shape index (κ2) is 13.5. The first-order valence-electron chi connectivity index (χ1n) is 11.3. The van der Waals surface area contributed by atoms with Crippen LogP contribution < -0.4 is 20.1 Å². The van der Waals surface area contributed by atoms with Crippen molar-refractivity contribution in [2.45, 2.75) is 39.3 Å². The van der Waals surface area contributed by atoms with Gasteiger partial charge < -0.3 is 29.6 Å². The van der Waals surface area contributed by atoms with Crippen molar-refractivity contribution in [3.05, 3.63) is 48.2 Å². The summed E-state index contributed by atoms with van der Waals surface area (Å²) in [5.41, 5.74) is 1.02. The molecule has 1 unspecified atom stereocenters. The Kier molecular flexibility index (Phi) is 10.1. The fourth-order valence-electron chi connectivity index (χ4n) is 3.18. The first-order valence-corrected chi connectivity index (χ1v) is 11.3. The van der Waals surface area contributed by atoms with E-state index in [2.05, 4.69) is 27.5 Å². The molecule has 1 fully saturated rings. The Bertz CT molecular complexity index is 823. The molecule has 174 valence electrons. The lowest BCUT2D eigenvalue weighted by Gasteiger charge is -2.13. The lowest BCUT2D eigenvalue weighted by molar-refractivity contribution is 0.0420. The first kappa shape index (κ1) is 23.8. The average molecular weight is 443 g/mol. The number of benzene rings is 1. The monoisotopic (exact) mass is 442 g/mol. The van der Waals surface area contributed by atoms with Gasteiger partial charge in [-0.1, -0.05) is 0 Å². The van der Waals surface area contributed by atoms with Crippen molar-refractivity contribution in [3.8, 4) is 17.4 Å². The Morgan fingerprint density at radius 2 is 2.00 bits per heavy atom. The van der Waals surface area contributed by atoms with Crippen molar-refractivity contribution >= 4 is 5.96 Å². The zero-order chi connectivity index (χ0) is 22.4. The number of nitrogens with one attached hydrogen (secondary N) is 2. The molecule has 8 heteroatoms. The molecule has 0 bridgehead atoms. The molecule has 3 rings (SSSR count). The molecule has 2 N–H and O–H groups in total. The highest BCUT2D eigenvalue weighted by molar-refractivity contribution is 5.79. The maximum atomic E-state index is 5.87. The Hall–Kier alpha value is -2.84. The number of aromatic nitrogens is 1. The number of rotatable bonds is 12. The minimum atomic E-state index is 0.252. The van der Waals surface area contributed by atoms with Crippen molar-refractivity contribution in [2.24, 2.45) is 4.99 Å². The number of hydrogen-bond donors (Lipinski definition) is 2. The number of hydrogen-bond acceptors (Lipinski definition) is 6. The summed E-state index contributed by atoms with van der Waals surface area (Å²) in [7, 11) is 0. The second-order valence-corrected chi connectivity index (χ2v) is 7.34. The first-order chi connectivity index (χ1) is 15.8. The smallest absolute Gasteiger partial charge is 0.219 e. The van der Waals surface area contributed by atoms with E-state index in [0.717, 1.165) is 56.4 Å². The van der Waals surface area contributed by atoms with Gasteiger partial charge in [-0.05, 0) is 62.6 Å². The summed E-state index contributed by atoms with van der Waals surface area (Å²) in [5.74, 6) is 2.84. The van der Waals surface area contributed by atoms with Crippen molar-refractivity contribution in [3.63, 3.8) is 0 Å². The van der Waals surface area contributed by atoms with Crippen molar-refractivity contribution in [1.82, 2.24) is 15.6 Å². The van der Waals surface area contributed by atoms with E-state index in [9.17, 15) is 0 Å². The van der Waals surface area contributed by atoms with Crippen LogP contribution in [0.1, 0.15) is 32.3 Å². The summed E-state index contributed by atoms with van der Waals surface area (Å²) in [6.45, 7) is 9.00. The molecule has 1 aliphatic heterocycles. The Balaban J connectivity index is 1.46. The summed E-state index contributed by atoms with van der Waals surface area (Å²) in [5, 5.41) is 6.63. The zero-order valence-electron chi connectivity index (χ0n) is 19.0. The van der Waals surface area contributed by atoms with Gasteiger partial charge in [0.15, 0.2) is 5.96 Å². The van der Waals surface area contributed by atoms with Crippen molar-refractivity contribution in [2.75, 3.05) is 39.5 Å². The molecule has 1 aromatic carbocycles.